The van der Waals surface area contributed by atoms with Crippen LogP contribution in [0, 0.1) is 13.8 Å². The van der Waals surface area contributed by atoms with E-state index in [0.29, 0.717) is 13.1 Å². The summed E-state index contributed by atoms with van der Waals surface area (Å²) in [5.41, 5.74) is 6.17. The quantitative estimate of drug-likeness (QED) is 0.578. The third-order valence-corrected chi connectivity index (χ3v) is 5.71. The van der Waals surface area contributed by atoms with Crippen LogP contribution in [0.4, 0.5) is 0 Å². The van der Waals surface area contributed by atoms with Crippen LogP contribution in [0.15, 0.2) is 54.7 Å². The Bertz CT molecular complexity index is 974. The maximum atomic E-state index is 13.0. The van der Waals surface area contributed by atoms with Gasteiger partial charge in [-0.05, 0) is 56.3 Å². The highest BCUT2D eigenvalue weighted by molar-refractivity contribution is 5.95. The second kappa shape index (κ2) is 10.2. The van der Waals surface area contributed by atoms with Crippen LogP contribution in [0.1, 0.15) is 52.4 Å². The SMILES string of the molecule is CCN(CC)Cc1ccccc1CNC(=O)c1cc(C)n(Cc2ccccn2)c1C. The first kappa shape index (κ1) is 21.8. The molecule has 158 valence electrons. The predicted molar refractivity (Wildman–Crippen MR) is 121 cm³/mol. The van der Waals surface area contributed by atoms with Crippen molar-refractivity contribution in [3.05, 3.63) is 88.5 Å². The van der Waals surface area contributed by atoms with Gasteiger partial charge in [0.1, 0.15) is 0 Å². The summed E-state index contributed by atoms with van der Waals surface area (Å²) in [6.45, 7) is 12.5. The molecule has 1 aromatic carbocycles. The Hall–Kier alpha value is -2.92. The van der Waals surface area contributed by atoms with Gasteiger partial charge in [-0.3, -0.25) is 14.7 Å². The number of amides is 1. The number of nitrogens with one attached hydrogen (secondary N) is 1. The Morgan fingerprint density at radius 3 is 2.40 bits per heavy atom. The number of carbonyl (C=O) groups is 1. The molecule has 0 radical (unpaired) electrons. The molecule has 1 amide bonds. The summed E-state index contributed by atoms with van der Waals surface area (Å²) in [5, 5.41) is 3.12. The van der Waals surface area contributed by atoms with Gasteiger partial charge >= 0.3 is 0 Å². The molecule has 1 N–H and O–H groups in total. The second-order valence-electron chi connectivity index (χ2n) is 7.60. The highest BCUT2D eigenvalue weighted by atomic mass is 16.1. The number of nitrogens with zero attached hydrogens (tertiary/aromatic N) is 3. The van der Waals surface area contributed by atoms with Crippen LogP contribution < -0.4 is 5.32 Å². The minimum absolute atomic E-state index is 0.0342. The molecule has 2 aromatic heterocycles. The van der Waals surface area contributed by atoms with Crippen molar-refractivity contribution in [1.29, 1.82) is 0 Å². The van der Waals surface area contributed by atoms with E-state index < -0.39 is 0 Å². The third kappa shape index (κ3) is 5.16. The van der Waals surface area contributed by atoms with Gasteiger partial charge in [0, 0.05) is 30.7 Å². The molecular formula is C25H32N4O. The van der Waals surface area contributed by atoms with Gasteiger partial charge in [-0.1, -0.05) is 44.2 Å². The lowest BCUT2D eigenvalue weighted by molar-refractivity contribution is 0.0950. The Kier molecular flexibility index (Phi) is 7.41. The van der Waals surface area contributed by atoms with Crippen molar-refractivity contribution in [3.8, 4) is 0 Å². The highest BCUT2D eigenvalue weighted by Crippen LogP contribution is 2.17. The van der Waals surface area contributed by atoms with Gasteiger partial charge in [0.15, 0.2) is 0 Å². The molecule has 0 aliphatic heterocycles. The van der Waals surface area contributed by atoms with E-state index in [0.717, 1.165) is 42.3 Å². The molecule has 0 unspecified atom stereocenters. The fourth-order valence-electron chi connectivity index (χ4n) is 3.77. The van der Waals surface area contributed by atoms with E-state index in [9.17, 15) is 4.79 Å². The van der Waals surface area contributed by atoms with Crippen molar-refractivity contribution in [2.75, 3.05) is 13.1 Å². The maximum absolute atomic E-state index is 13.0. The first-order valence-corrected chi connectivity index (χ1v) is 10.7. The number of rotatable bonds is 9. The summed E-state index contributed by atoms with van der Waals surface area (Å²) in [6, 6.07) is 16.2. The molecule has 30 heavy (non-hydrogen) atoms. The zero-order valence-corrected chi connectivity index (χ0v) is 18.5. The van der Waals surface area contributed by atoms with Crippen LogP contribution in [0.5, 0.6) is 0 Å². The molecule has 0 atom stereocenters. The molecule has 0 spiro atoms. The summed E-state index contributed by atoms with van der Waals surface area (Å²) in [6.07, 6.45) is 1.80. The molecule has 5 nitrogen and oxygen atoms in total. The Morgan fingerprint density at radius 2 is 1.73 bits per heavy atom. The van der Waals surface area contributed by atoms with Gasteiger partial charge in [0.2, 0.25) is 0 Å². The van der Waals surface area contributed by atoms with Gasteiger partial charge in [0.25, 0.3) is 5.91 Å². The molecule has 0 saturated heterocycles. The fraction of sp³-hybridized carbons (Fsp3) is 0.360. The standard InChI is InChI=1S/C25H32N4O/c1-5-28(6-2)17-22-12-8-7-11-21(22)16-27-25(30)24-15-19(3)29(20(24)4)18-23-13-9-10-14-26-23/h7-15H,5-6,16-18H2,1-4H3,(H,27,30). The van der Waals surface area contributed by atoms with Gasteiger partial charge < -0.3 is 9.88 Å². The van der Waals surface area contributed by atoms with Crippen LogP contribution >= 0.6 is 0 Å². The van der Waals surface area contributed by atoms with Crippen LogP contribution in [-0.4, -0.2) is 33.4 Å². The summed E-state index contributed by atoms with van der Waals surface area (Å²) in [4.78, 5) is 19.7. The van der Waals surface area contributed by atoms with Crippen molar-refractivity contribution in [1.82, 2.24) is 19.8 Å². The van der Waals surface area contributed by atoms with Crippen molar-refractivity contribution in [3.63, 3.8) is 0 Å². The lowest BCUT2D eigenvalue weighted by Crippen LogP contribution is -2.26. The fourth-order valence-corrected chi connectivity index (χ4v) is 3.77. The molecule has 3 rings (SSSR count). The Morgan fingerprint density at radius 1 is 1.03 bits per heavy atom. The van der Waals surface area contributed by atoms with Crippen LogP contribution in [0.2, 0.25) is 0 Å². The van der Waals surface area contributed by atoms with E-state index in [1.54, 1.807) is 6.20 Å². The molecule has 2 heterocycles. The normalized spacial score (nSPS) is 11.1. The molecule has 0 aliphatic rings. The number of benzene rings is 1. The average Bonchev–Trinajstić information content (AvgIpc) is 3.05. The van der Waals surface area contributed by atoms with Crippen LogP contribution in [0.25, 0.3) is 0 Å². The van der Waals surface area contributed by atoms with Crippen molar-refractivity contribution in [2.45, 2.75) is 47.3 Å². The summed E-state index contributed by atoms with van der Waals surface area (Å²) >= 11 is 0. The van der Waals surface area contributed by atoms with Gasteiger partial charge in [-0.2, -0.15) is 0 Å². The van der Waals surface area contributed by atoms with Gasteiger partial charge in [0.05, 0.1) is 17.8 Å². The summed E-state index contributed by atoms with van der Waals surface area (Å²) in [5.74, 6) is -0.0342. The minimum Gasteiger partial charge on any atom is -0.348 e. The molecule has 0 saturated carbocycles. The molecule has 3 aromatic rings. The van der Waals surface area contributed by atoms with E-state index in [1.807, 2.05) is 44.2 Å². The van der Waals surface area contributed by atoms with Crippen LogP contribution in [-0.2, 0) is 19.6 Å². The predicted octanol–water partition coefficient (Wildman–Crippen LogP) is 4.32. The second-order valence-corrected chi connectivity index (χ2v) is 7.60. The minimum atomic E-state index is -0.0342. The molecular weight excluding hydrogens is 372 g/mol. The van der Waals surface area contributed by atoms with Crippen molar-refractivity contribution >= 4 is 5.91 Å². The average molecular weight is 405 g/mol. The number of pyridine rings is 1. The maximum Gasteiger partial charge on any atom is 0.253 e. The summed E-state index contributed by atoms with van der Waals surface area (Å²) < 4.78 is 2.14. The number of hydrogen-bond acceptors (Lipinski definition) is 3. The lowest BCUT2D eigenvalue weighted by atomic mass is 10.1. The number of aryl methyl sites for hydroxylation is 1. The number of aromatic nitrogens is 2. The van der Waals surface area contributed by atoms with Crippen molar-refractivity contribution in [2.24, 2.45) is 0 Å². The monoisotopic (exact) mass is 404 g/mol. The zero-order valence-electron chi connectivity index (χ0n) is 18.5. The summed E-state index contributed by atoms with van der Waals surface area (Å²) in [7, 11) is 0. The van der Waals surface area contributed by atoms with E-state index in [-0.39, 0.29) is 5.91 Å². The molecule has 0 aliphatic carbocycles. The highest BCUT2D eigenvalue weighted by Gasteiger charge is 2.16. The first-order valence-electron chi connectivity index (χ1n) is 10.7. The number of hydrogen-bond donors (Lipinski definition) is 1. The van der Waals surface area contributed by atoms with Crippen molar-refractivity contribution < 1.29 is 4.79 Å². The molecule has 0 fully saturated rings. The van der Waals surface area contributed by atoms with Gasteiger partial charge in [-0.25, -0.2) is 0 Å². The van der Waals surface area contributed by atoms with Crippen LogP contribution in [0.3, 0.4) is 0 Å². The molecule has 0 bridgehead atoms. The smallest absolute Gasteiger partial charge is 0.253 e. The first-order chi connectivity index (χ1) is 14.5. The van der Waals surface area contributed by atoms with E-state index >= 15 is 0 Å². The van der Waals surface area contributed by atoms with Gasteiger partial charge in [-0.15, -0.1) is 0 Å². The Balaban J connectivity index is 1.71. The topological polar surface area (TPSA) is 50.2 Å². The van der Waals surface area contributed by atoms with E-state index in [1.165, 1.54) is 11.1 Å². The molecule has 5 heteroatoms. The van der Waals surface area contributed by atoms with E-state index in [4.69, 9.17) is 0 Å². The largest absolute Gasteiger partial charge is 0.348 e. The number of carbonyl (C=O) groups excluding carboxylic acids is 1. The zero-order chi connectivity index (χ0) is 21.5. The third-order valence-electron chi connectivity index (χ3n) is 5.71. The Labute approximate surface area is 179 Å². The lowest BCUT2D eigenvalue weighted by Gasteiger charge is -2.20. The van der Waals surface area contributed by atoms with E-state index in [2.05, 4.69) is 51.8 Å².